The number of carbonyl (C=O) groups is 1. The Morgan fingerprint density at radius 3 is 2.92 bits per heavy atom. The van der Waals surface area contributed by atoms with Crippen LogP contribution in [0.5, 0.6) is 0 Å². The molecule has 0 saturated carbocycles. The zero-order chi connectivity index (χ0) is 18.7. The van der Waals surface area contributed by atoms with Gasteiger partial charge in [0.05, 0.1) is 5.92 Å². The largest absolute Gasteiger partial charge is 0.405 e. The van der Waals surface area contributed by atoms with Crippen LogP contribution in [0.15, 0.2) is 28.8 Å². The minimum Gasteiger partial charge on any atom is -0.339 e. The van der Waals surface area contributed by atoms with Crippen LogP contribution in [0.3, 0.4) is 0 Å². The summed E-state index contributed by atoms with van der Waals surface area (Å²) in [6.07, 6.45) is -3.20. The maximum absolute atomic E-state index is 13.3. The van der Waals surface area contributed by atoms with Crippen molar-refractivity contribution < 1.29 is 26.9 Å². The van der Waals surface area contributed by atoms with E-state index in [2.05, 4.69) is 10.1 Å². The van der Waals surface area contributed by atoms with E-state index in [1.807, 2.05) is 5.32 Å². The first kappa shape index (κ1) is 18.2. The van der Waals surface area contributed by atoms with Crippen LogP contribution in [-0.4, -0.2) is 46.9 Å². The number of halogens is 4. The van der Waals surface area contributed by atoms with E-state index in [1.165, 1.54) is 23.1 Å². The quantitative estimate of drug-likeness (QED) is 0.839. The fourth-order valence-electron chi connectivity index (χ4n) is 2.80. The third-order valence-electron chi connectivity index (χ3n) is 4.02. The van der Waals surface area contributed by atoms with E-state index in [4.69, 9.17) is 4.52 Å². The molecule has 1 aromatic carbocycles. The normalized spacial score (nSPS) is 18.0. The summed E-state index contributed by atoms with van der Waals surface area (Å²) in [5.41, 5.74) is 0.454. The highest BCUT2D eigenvalue weighted by atomic mass is 19.4. The first-order valence-corrected chi connectivity index (χ1v) is 8.01. The molecule has 2 aromatic rings. The van der Waals surface area contributed by atoms with Gasteiger partial charge in [0.2, 0.25) is 11.7 Å². The molecule has 1 aliphatic heterocycles. The first-order valence-electron chi connectivity index (χ1n) is 8.01. The van der Waals surface area contributed by atoms with Crippen molar-refractivity contribution in [2.24, 2.45) is 0 Å². The van der Waals surface area contributed by atoms with Crippen LogP contribution >= 0.6 is 0 Å². The Kier molecular flexibility index (Phi) is 5.10. The monoisotopic (exact) mass is 372 g/mol. The zero-order valence-electron chi connectivity index (χ0n) is 13.6. The number of likely N-dealkylation sites (tertiary alicyclic amines) is 1. The third kappa shape index (κ3) is 4.50. The Morgan fingerprint density at radius 1 is 1.38 bits per heavy atom. The summed E-state index contributed by atoms with van der Waals surface area (Å²) < 4.78 is 55.2. The molecular formula is C16H16F4N4O2. The Balaban J connectivity index is 1.66. The number of nitrogens with one attached hydrogen (secondary N) is 1. The maximum Gasteiger partial charge on any atom is 0.405 e. The minimum absolute atomic E-state index is 0.175. The van der Waals surface area contributed by atoms with Crippen LogP contribution in [0.2, 0.25) is 0 Å². The van der Waals surface area contributed by atoms with Crippen molar-refractivity contribution in [1.29, 1.82) is 0 Å². The summed E-state index contributed by atoms with van der Waals surface area (Å²) >= 11 is 0. The number of amides is 2. The van der Waals surface area contributed by atoms with E-state index in [9.17, 15) is 22.4 Å². The molecule has 1 aromatic heterocycles. The second-order valence-corrected chi connectivity index (χ2v) is 6.03. The number of hydrogen-bond acceptors (Lipinski definition) is 4. The summed E-state index contributed by atoms with van der Waals surface area (Å²) in [5.74, 6) is -0.218. The predicted molar refractivity (Wildman–Crippen MR) is 82.7 cm³/mol. The van der Waals surface area contributed by atoms with Crippen molar-refractivity contribution in [1.82, 2.24) is 20.4 Å². The topological polar surface area (TPSA) is 71.3 Å². The van der Waals surface area contributed by atoms with E-state index in [0.29, 0.717) is 24.9 Å². The van der Waals surface area contributed by atoms with Crippen molar-refractivity contribution in [3.05, 3.63) is 36.0 Å². The number of hydrogen-bond donors (Lipinski definition) is 1. The third-order valence-corrected chi connectivity index (χ3v) is 4.02. The molecule has 0 bridgehead atoms. The number of nitrogens with zero attached hydrogens (tertiary/aromatic N) is 3. The number of carbonyl (C=O) groups excluding carboxylic acids is 1. The van der Waals surface area contributed by atoms with Gasteiger partial charge in [0, 0.05) is 18.7 Å². The van der Waals surface area contributed by atoms with Gasteiger partial charge in [-0.1, -0.05) is 17.3 Å². The van der Waals surface area contributed by atoms with Gasteiger partial charge in [0.1, 0.15) is 12.4 Å². The molecule has 2 amide bonds. The highest BCUT2D eigenvalue weighted by Crippen LogP contribution is 2.28. The van der Waals surface area contributed by atoms with Gasteiger partial charge in [0.25, 0.3) is 0 Å². The minimum atomic E-state index is -4.46. The molecule has 140 valence electrons. The lowest BCUT2D eigenvalue weighted by Crippen LogP contribution is -2.47. The summed E-state index contributed by atoms with van der Waals surface area (Å²) in [7, 11) is 0. The van der Waals surface area contributed by atoms with Crippen LogP contribution in [-0.2, 0) is 0 Å². The average molecular weight is 372 g/mol. The molecule has 1 atom stereocenters. The molecule has 0 spiro atoms. The van der Waals surface area contributed by atoms with Gasteiger partial charge in [-0.2, -0.15) is 18.2 Å². The van der Waals surface area contributed by atoms with Gasteiger partial charge in [0.15, 0.2) is 0 Å². The summed E-state index contributed by atoms with van der Waals surface area (Å²) in [6.45, 7) is -0.850. The van der Waals surface area contributed by atoms with Crippen molar-refractivity contribution >= 4 is 6.03 Å². The predicted octanol–water partition coefficient (Wildman–Crippen LogP) is 3.33. The Hall–Kier alpha value is -2.65. The fraction of sp³-hybridized carbons (Fsp3) is 0.438. The van der Waals surface area contributed by atoms with Crippen LogP contribution in [0.1, 0.15) is 24.7 Å². The van der Waals surface area contributed by atoms with Gasteiger partial charge >= 0.3 is 12.2 Å². The molecule has 1 saturated heterocycles. The van der Waals surface area contributed by atoms with E-state index < -0.39 is 24.6 Å². The number of alkyl halides is 3. The van der Waals surface area contributed by atoms with E-state index in [0.717, 1.165) is 0 Å². The van der Waals surface area contributed by atoms with Crippen LogP contribution < -0.4 is 5.32 Å². The second-order valence-electron chi connectivity index (χ2n) is 6.03. The Labute approximate surface area is 146 Å². The summed E-state index contributed by atoms with van der Waals surface area (Å²) in [6, 6.07) is 4.94. The van der Waals surface area contributed by atoms with E-state index >= 15 is 0 Å². The molecule has 6 nitrogen and oxygen atoms in total. The lowest BCUT2D eigenvalue weighted by Gasteiger charge is -2.31. The fourth-order valence-corrected chi connectivity index (χ4v) is 2.80. The van der Waals surface area contributed by atoms with Crippen molar-refractivity contribution in [3.63, 3.8) is 0 Å². The van der Waals surface area contributed by atoms with Crippen LogP contribution in [0.25, 0.3) is 11.4 Å². The molecule has 1 unspecified atom stereocenters. The summed E-state index contributed by atoms with van der Waals surface area (Å²) in [4.78, 5) is 17.4. The molecule has 2 heterocycles. The smallest absolute Gasteiger partial charge is 0.339 e. The summed E-state index contributed by atoms with van der Waals surface area (Å²) in [5, 5.41) is 5.68. The van der Waals surface area contributed by atoms with Crippen LogP contribution in [0.4, 0.5) is 22.4 Å². The van der Waals surface area contributed by atoms with Gasteiger partial charge in [-0.3, -0.25) is 0 Å². The van der Waals surface area contributed by atoms with Gasteiger partial charge in [-0.15, -0.1) is 0 Å². The van der Waals surface area contributed by atoms with E-state index in [-0.39, 0.29) is 24.2 Å². The first-order chi connectivity index (χ1) is 12.3. The second kappa shape index (κ2) is 7.30. The molecule has 3 rings (SSSR count). The van der Waals surface area contributed by atoms with Crippen LogP contribution in [0, 0.1) is 5.82 Å². The molecular weight excluding hydrogens is 356 g/mol. The lowest BCUT2D eigenvalue weighted by molar-refractivity contribution is -0.123. The van der Waals surface area contributed by atoms with Gasteiger partial charge in [-0.25, -0.2) is 9.18 Å². The molecule has 0 aliphatic carbocycles. The standard InChI is InChI=1S/C16H16F4N4O2/c17-12-5-1-3-10(7-12)13-22-14(26-23-13)11-4-2-6-24(8-11)15(25)21-9-16(18,19)20/h1,3,5,7,11H,2,4,6,8-9H2,(H,21,25). The molecule has 26 heavy (non-hydrogen) atoms. The molecule has 10 heteroatoms. The zero-order valence-corrected chi connectivity index (χ0v) is 13.6. The van der Waals surface area contributed by atoms with E-state index in [1.54, 1.807) is 6.07 Å². The molecule has 1 aliphatic rings. The van der Waals surface area contributed by atoms with Gasteiger partial charge < -0.3 is 14.7 Å². The number of urea groups is 1. The average Bonchev–Trinajstić information content (AvgIpc) is 3.09. The number of benzene rings is 1. The number of piperidine rings is 1. The highest BCUT2D eigenvalue weighted by molar-refractivity contribution is 5.74. The van der Waals surface area contributed by atoms with Crippen molar-refractivity contribution in [2.45, 2.75) is 24.9 Å². The Bertz CT molecular complexity index is 778. The number of rotatable bonds is 3. The Morgan fingerprint density at radius 2 is 2.19 bits per heavy atom. The van der Waals surface area contributed by atoms with Crippen molar-refractivity contribution in [2.75, 3.05) is 19.6 Å². The highest BCUT2D eigenvalue weighted by Gasteiger charge is 2.32. The lowest BCUT2D eigenvalue weighted by atomic mass is 9.98. The molecule has 1 N–H and O–H groups in total. The maximum atomic E-state index is 13.3. The van der Waals surface area contributed by atoms with Gasteiger partial charge in [-0.05, 0) is 25.0 Å². The van der Waals surface area contributed by atoms with Crippen molar-refractivity contribution in [3.8, 4) is 11.4 Å². The molecule has 0 radical (unpaired) electrons. The SMILES string of the molecule is O=C(NCC(F)(F)F)N1CCCC(c2nc(-c3cccc(F)c3)no2)C1. The number of aromatic nitrogens is 2. The molecule has 1 fully saturated rings.